The Labute approximate surface area is 81.7 Å². The number of rotatable bonds is 5. The number of hydrogen-bond acceptors (Lipinski definition) is 2. The topological polar surface area (TPSA) is 16.4 Å². The summed E-state index contributed by atoms with van der Waals surface area (Å²) >= 11 is 3.42. The lowest BCUT2D eigenvalue weighted by atomic mass is 10.4. The van der Waals surface area contributed by atoms with Gasteiger partial charge in [-0.25, -0.2) is 0 Å². The Hall–Kier alpha value is -0.280. The van der Waals surface area contributed by atoms with Crippen LogP contribution in [0.2, 0.25) is 0 Å². The molecule has 1 heterocycles. The van der Waals surface area contributed by atoms with Crippen LogP contribution < -0.4 is 0 Å². The monoisotopic (exact) mass is 231 g/mol. The van der Waals surface area contributed by atoms with E-state index in [1.54, 1.807) is 6.26 Å². The summed E-state index contributed by atoms with van der Waals surface area (Å²) in [7, 11) is 0. The molecule has 2 nitrogen and oxygen atoms in total. The molecule has 0 unspecified atom stereocenters. The molecule has 0 amide bonds. The average molecular weight is 232 g/mol. The van der Waals surface area contributed by atoms with E-state index >= 15 is 0 Å². The van der Waals surface area contributed by atoms with Crippen molar-refractivity contribution in [2.24, 2.45) is 0 Å². The summed E-state index contributed by atoms with van der Waals surface area (Å²) in [5.74, 6) is 1.04. The smallest absolute Gasteiger partial charge is 0.117 e. The highest BCUT2D eigenvalue weighted by Gasteiger charge is 2.03. The second kappa shape index (κ2) is 5.38. The van der Waals surface area contributed by atoms with Gasteiger partial charge in [-0.1, -0.05) is 22.9 Å². The Morgan fingerprint density at radius 3 is 2.92 bits per heavy atom. The molecule has 12 heavy (non-hydrogen) atoms. The van der Waals surface area contributed by atoms with Crippen molar-refractivity contribution >= 4 is 15.9 Å². The normalized spacial score (nSPS) is 10.9. The van der Waals surface area contributed by atoms with Gasteiger partial charge in [0.1, 0.15) is 5.76 Å². The predicted octanol–water partition coefficient (Wildman–Crippen LogP) is 2.50. The second-order valence-electron chi connectivity index (χ2n) is 2.64. The predicted molar refractivity (Wildman–Crippen MR) is 53.5 cm³/mol. The molecule has 0 saturated heterocycles. The molecule has 0 fully saturated rings. The Kier molecular flexibility index (Phi) is 4.40. The Morgan fingerprint density at radius 1 is 1.58 bits per heavy atom. The van der Waals surface area contributed by atoms with Crippen molar-refractivity contribution in [3.05, 3.63) is 24.2 Å². The third kappa shape index (κ3) is 2.99. The first-order valence-electron chi connectivity index (χ1n) is 4.17. The summed E-state index contributed by atoms with van der Waals surface area (Å²) in [6.45, 7) is 5.20. The third-order valence-corrected chi connectivity index (χ3v) is 2.16. The van der Waals surface area contributed by atoms with Crippen molar-refractivity contribution in [1.29, 1.82) is 0 Å². The van der Waals surface area contributed by atoms with Gasteiger partial charge >= 0.3 is 0 Å². The molecular weight excluding hydrogens is 218 g/mol. The van der Waals surface area contributed by atoms with E-state index in [4.69, 9.17) is 4.42 Å². The molecule has 0 saturated carbocycles. The van der Waals surface area contributed by atoms with Crippen LogP contribution in [0.25, 0.3) is 0 Å². The van der Waals surface area contributed by atoms with Crippen LogP contribution in [0.3, 0.4) is 0 Å². The highest BCUT2D eigenvalue weighted by Crippen LogP contribution is 2.04. The van der Waals surface area contributed by atoms with Gasteiger partial charge in [-0.05, 0) is 18.7 Å². The van der Waals surface area contributed by atoms with E-state index in [0.717, 1.165) is 30.7 Å². The number of nitrogens with zero attached hydrogens (tertiary/aromatic N) is 1. The zero-order chi connectivity index (χ0) is 8.81. The van der Waals surface area contributed by atoms with Gasteiger partial charge in [0.15, 0.2) is 0 Å². The molecule has 68 valence electrons. The summed E-state index contributed by atoms with van der Waals surface area (Å²) in [5.41, 5.74) is 0. The summed E-state index contributed by atoms with van der Waals surface area (Å²) in [6, 6.07) is 3.94. The molecule has 1 aromatic heterocycles. The molecule has 0 bridgehead atoms. The molecule has 3 heteroatoms. The minimum absolute atomic E-state index is 0.912. The van der Waals surface area contributed by atoms with Gasteiger partial charge in [-0.15, -0.1) is 0 Å². The van der Waals surface area contributed by atoms with E-state index in [1.807, 2.05) is 12.1 Å². The molecule has 0 aromatic carbocycles. The van der Waals surface area contributed by atoms with Crippen LogP contribution in [-0.2, 0) is 6.54 Å². The molecule has 1 aromatic rings. The summed E-state index contributed by atoms with van der Waals surface area (Å²) in [6.07, 6.45) is 1.72. The lowest BCUT2D eigenvalue weighted by molar-refractivity contribution is 0.271. The number of furan rings is 1. The van der Waals surface area contributed by atoms with E-state index < -0.39 is 0 Å². The molecule has 0 radical (unpaired) electrons. The molecule has 0 aliphatic carbocycles. The summed E-state index contributed by atoms with van der Waals surface area (Å²) < 4.78 is 5.26. The number of halogens is 1. The van der Waals surface area contributed by atoms with Crippen molar-refractivity contribution < 1.29 is 4.42 Å². The maximum atomic E-state index is 5.26. The van der Waals surface area contributed by atoms with Crippen LogP contribution in [0.4, 0.5) is 0 Å². The fraction of sp³-hybridized carbons (Fsp3) is 0.556. The molecule has 0 N–H and O–H groups in total. The van der Waals surface area contributed by atoms with Gasteiger partial charge in [0.05, 0.1) is 12.8 Å². The van der Waals surface area contributed by atoms with Crippen molar-refractivity contribution in [2.45, 2.75) is 13.5 Å². The van der Waals surface area contributed by atoms with Crippen LogP contribution in [0.15, 0.2) is 22.8 Å². The fourth-order valence-electron chi connectivity index (χ4n) is 1.09. The van der Waals surface area contributed by atoms with Gasteiger partial charge in [0, 0.05) is 11.9 Å². The van der Waals surface area contributed by atoms with Gasteiger partial charge in [-0.3, -0.25) is 4.90 Å². The summed E-state index contributed by atoms with van der Waals surface area (Å²) in [5, 5.41) is 1.02. The maximum absolute atomic E-state index is 5.26. The van der Waals surface area contributed by atoms with Crippen molar-refractivity contribution in [3.8, 4) is 0 Å². The van der Waals surface area contributed by atoms with Gasteiger partial charge in [0.25, 0.3) is 0 Å². The van der Waals surface area contributed by atoms with E-state index in [1.165, 1.54) is 0 Å². The van der Waals surface area contributed by atoms with Crippen molar-refractivity contribution in [2.75, 3.05) is 18.4 Å². The van der Waals surface area contributed by atoms with Gasteiger partial charge in [0.2, 0.25) is 0 Å². The second-order valence-corrected chi connectivity index (χ2v) is 3.43. The number of alkyl halides is 1. The van der Waals surface area contributed by atoms with Gasteiger partial charge in [-0.2, -0.15) is 0 Å². The van der Waals surface area contributed by atoms with Crippen LogP contribution in [0, 0.1) is 0 Å². The Balaban J connectivity index is 2.37. The quantitative estimate of drug-likeness (QED) is 0.725. The minimum Gasteiger partial charge on any atom is -0.468 e. The van der Waals surface area contributed by atoms with Gasteiger partial charge < -0.3 is 4.42 Å². The molecule has 1 rings (SSSR count). The molecule has 0 aliphatic rings. The molecular formula is C9H14BrNO. The van der Waals surface area contributed by atoms with Crippen LogP contribution in [0.5, 0.6) is 0 Å². The van der Waals surface area contributed by atoms with Crippen LogP contribution >= 0.6 is 15.9 Å². The molecule has 0 aliphatic heterocycles. The Bertz CT molecular complexity index is 198. The minimum atomic E-state index is 0.912. The van der Waals surface area contributed by atoms with E-state index in [-0.39, 0.29) is 0 Å². The van der Waals surface area contributed by atoms with Crippen LogP contribution in [0.1, 0.15) is 12.7 Å². The Morgan fingerprint density at radius 2 is 2.42 bits per heavy atom. The lowest BCUT2D eigenvalue weighted by Crippen LogP contribution is -2.24. The first-order chi connectivity index (χ1) is 5.86. The average Bonchev–Trinajstić information content (AvgIpc) is 2.56. The van der Waals surface area contributed by atoms with E-state index in [2.05, 4.69) is 27.8 Å². The SMILES string of the molecule is CCN(CCBr)Cc1ccco1. The van der Waals surface area contributed by atoms with Crippen molar-refractivity contribution in [3.63, 3.8) is 0 Å². The molecule has 0 spiro atoms. The summed E-state index contributed by atoms with van der Waals surface area (Å²) in [4.78, 5) is 2.33. The highest BCUT2D eigenvalue weighted by molar-refractivity contribution is 9.09. The van der Waals surface area contributed by atoms with Crippen LogP contribution in [-0.4, -0.2) is 23.3 Å². The maximum Gasteiger partial charge on any atom is 0.117 e. The van der Waals surface area contributed by atoms with E-state index in [9.17, 15) is 0 Å². The molecule has 0 atom stereocenters. The highest BCUT2D eigenvalue weighted by atomic mass is 79.9. The zero-order valence-electron chi connectivity index (χ0n) is 7.29. The van der Waals surface area contributed by atoms with Crippen molar-refractivity contribution in [1.82, 2.24) is 4.90 Å². The fourth-order valence-corrected chi connectivity index (χ4v) is 1.59. The largest absolute Gasteiger partial charge is 0.468 e. The first-order valence-corrected chi connectivity index (χ1v) is 5.29. The number of hydrogen-bond donors (Lipinski definition) is 0. The van der Waals surface area contributed by atoms with E-state index in [0.29, 0.717) is 0 Å². The lowest BCUT2D eigenvalue weighted by Gasteiger charge is -2.16. The first kappa shape index (κ1) is 9.81. The third-order valence-electron chi connectivity index (χ3n) is 1.81. The zero-order valence-corrected chi connectivity index (χ0v) is 8.88. The standard InChI is InChI=1S/C9H14BrNO/c1-2-11(6-5-10)8-9-4-3-7-12-9/h3-4,7H,2,5-6,8H2,1H3.